The van der Waals surface area contributed by atoms with Crippen molar-refractivity contribution < 1.29 is 4.79 Å². The number of hydrogen-bond donors (Lipinski definition) is 1. The molecule has 0 bridgehead atoms. The Morgan fingerprint density at radius 1 is 1.10 bits per heavy atom. The highest BCUT2D eigenvalue weighted by Gasteiger charge is 2.30. The van der Waals surface area contributed by atoms with Crippen LogP contribution in [0.5, 0.6) is 0 Å². The van der Waals surface area contributed by atoms with E-state index in [1.807, 2.05) is 0 Å². The van der Waals surface area contributed by atoms with E-state index in [0.29, 0.717) is 6.04 Å². The number of carbonyl (C=O) groups is 1. The molecule has 1 amide bonds. The van der Waals surface area contributed by atoms with Gasteiger partial charge in [0.05, 0.1) is 4.88 Å². The van der Waals surface area contributed by atoms with Crippen LogP contribution in [-0.4, -0.2) is 22.9 Å². The predicted molar refractivity (Wildman–Crippen MR) is 85.5 cm³/mol. The van der Waals surface area contributed by atoms with Crippen molar-refractivity contribution in [2.45, 2.75) is 76.5 Å². The summed E-state index contributed by atoms with van der Waals surface area (Å²) in [4.78, 5) is 17.3. The zero-order chi connectivity index (χ0) is 14.2. The molecule has 2 aliphatic carbocycles. The summed E-state index contributed by atoms with van der Waals surface area (Å²) in [6.07, 6.45) is 10.4. The Hall–Kier alpha value is -0.870. The van der Waals surface area contributed by atoms with Gasteiger partial charge in [-0.25, -0.2) is 0 Å². The smallest absolute Gasteiger partial charge is 0.261 e. The molecule has 1 aromatic heterocycles. The maximum absolute atomic E-state index is 12.3. The van der Waals surface area contributed by atoms with Crippen molar-refractivity contribution in [3.8, 4) is 0 Å². The molecule has 4 heteroatoms. The molecule has 3 nitrogen and oxygen atoms in total. The summed E-state index contributed by atoms with van der Waals surface area (Å²) in [5.74, 6) is 0.161. The first-order chi connectivity index (χ1) is 10.3. The molecular formula is C17H24N2OS. The fraction of sp³-hybridized carbons (Fsp3) is 0.706. The number of nitrogens with zero attached hydrogens (tertiary/aromatic N) is 1. The Bertz CT molecular complexity index is 503. The lowest BCUT2D eigenvalue weighted by Crippen LogP contribution is -2.32. The Kier molecular flexibility index (Phi) is 3.76. The second-order valence-electron chi connectivity index (χ2n) is 6.86. The predicted octanol–water partition coefficient (Wildman–Crippen LogP) is 3.68. The third-order valence-electron chi connectivity index (χ3n) is 5.37. The highest BCUT2D eigenvalue weighted by Crippen LogP contribution is 2.36. The van der Waals surface area contributed by atoms with E-state index in [1.54, 1.807) is 11.3 Å². The molecule has 0 aromatic carbocycles. The van der Waals surface area contributed by atoms with Crippen LogP contribution in [0.3, 0.4) is 0 Å². The standard InChI is InChI=1S/C17H24N2OS/c20-17(18-13-5-1-2-6-13)15-9-12-10-19(11-16(12)21-15)14-7-3-4-8-14/h9,13-14H,1-8,10-11H2,(H,18,20). The molecule has 3 aliphatic rings. The van der Waals surface area contributed by atoms with E-state index in [-0.39, 0.29) is 5.91 Å². The summed E-state index contributed by atoms with van der Waals surface area (Å²) in [6.45, 7) is 2.13. The maximum Gasteiger partial charge on any atom is 0.261 e. The Balaban J connectivity index is 1.39. The van der Waals surface area contributed by atoms with E-state index < -0.39 is 0 Å². The first kappa shape index (κ1) is 13.8. The number of fused-ring (bicyclic) bond motifs is 1. The zero-order valence-electron chi connectivity index (χ0n) is 12.6. The summed E-state index contributed by atoms with van der Waals surface area (Å²) < 4.78 is 0. The largest absolute Gasteiger partial charge is 0.349 e. The molecule has 1 aliphatic heterocycles. The fourth-order valence-electron chi connectivity index (χ4n) is 4.16. The van der Waals surface area contributed by atoms with Crippen LogP contribution in [0.25, 0.3) is 0 Å². The van der Waals surface area contributed by atoms with Gasteiger partial charge in [-0.05, 0) is 37.3 Å². The number of thiophene rings is 1. The summed E-state index contributed by atoms with van der Waals surface area (Å²) in [6, 6.07) is 3.36. The maximum atomic E-state index is 12.3. The van der Waals surface area contributed by atoms with Gasteiger partial charge in [-0.15, -0.1) is 11.3 Å². The molecule has 0 atom stereocenters. The average molecular weight is 304 g/mol. The SMILES string of the molecule is O=C(NC1CCCC1)c1cc2c(s1)CN(C1CCCC1)C2. The van der Waals surface area contributed by atoms with Gasteiger partial charge < -0.3 is 5.32 Å². The second kappa shape index (κ2) is 5.73. The molecule has 21 heavy (non-hydrogen) atoms. The summed E-state index contributed by atoms with van der Waals surface area (Å²) in [5.41, 5.74) is 1.41. The first-order valence-corrected chi connectivity index (χ1v) is 9.28. The lowest BCUT2D eigenvalue weighted by Gasteiger charge is -2.22. The van der Waals surface area contributed by atoms with Crippen LogP contribution in [0.4, 0.5) is 0 Å². The Morgan fingerprint density at radius 3 is 2.52 bits per heavy atom. The highest BCUT2D eigenvalue weighted by atomic mass is 32.1. The van der Waals surface area contributed by atoms with Gasteiger partial charge in [0.25, 0.3) is 5.91 Å². The van der Waals surface area contributed by atoms with Gasteiger partial charge in [0.2, 0.25) is 0 Å². The van der Waals surface area contributed by atoms with Gasteiger partial charge in [-0.1, -0.05) is 25.7 Å². The lowest BCUT2D eigenvalue weighted by atomic mass is 10.2. The summed E-state index contributed by atoms with van der Waals surface area (Å²) >= 11 is 1.72. The van der Waals surface area contributed by atoms with E-state index >= 15 is 0 Å². The Labute approximate surface area is 130 Å². The van der Waals surface area contributed by atoms with Crippen LogP contribution >= 0.6 is 11.3 Å². The number of nitrogens with one attached hydrogen (secondary N) is 1. The van der Waals surface area contributed by atoms with Crippen molar-refractivity contribution in [1.82, 2.24) is 10.2 Å². The molecular weight excluding hydrogens is 280 g/mol. The highest BCUT2D eigenvalue weighted by molar-refractivity contribution is 7.14. The monoisotopic (exact) mass is 304 g/mol. The van der Waals surface area contributed by atoms with Crippen LogP contribution in [0, 0.1) is 0 Å². The van der Waals surface area contributed by atoms with Gasteiger partial charge in [-0.3, -0.25) is 9.69 Å². The van der Waals surface area contributed by atoms with Crippen LogP contribution in [0.15, 0.2) is 6.07 Å². The van der Waals surface area contributed by atoms with E-state index in [0.717, 1.165) is 36.9 Å². The molecule has 114 valence electrons. The van der Waals surface area contributed by atoms with Crippen molar-refractivity contribution in [1.29, 1.82) is 0 Å². The summed E-state index contributed by atoms with van der Waals surface area (Å²) in [7, 11) is 0. The second-order valence-corrected chi connectivity index (χ2v) is 7.99. The van der Waals surface area contributed by atoms with Crippen molar-refractivity contribution >= 4 is 17.2 Å². The molecule has 0 spiro atoms. The van der Waals surface area contributed by atoms with Crippen LogP contribution in [-0.2, 0) is 13.1 Å². The molecule has 2 heterocycles. The van der Waals surface area contributed by atoms with E-state index in [9.17, 15) is 4.79 Å². The molecule has 0 unspecified atom stereocenters. The minimum Gasteiger partial charge on any atom is -0.349 e. The fourth-order valence-corrected chi connectivity index (χ4v) is 5.26. The lowest BCUT2D eigenvalue weighted by molar-refractivity contribution is 0.0942. The zero-order valence-corrected chi connectivity index (χ0v) is 13.4. The first-order valence-electron chi connectivity index (χ1n) is 8.46. The average Bonchev–Trinajstić information content (AvgIpc) is 3.22. The van der Waals surface area contributed by atoms with Crippen molar-refractivity contribution in [3.05, 3.63) is 21.4 Å². The van der Waals surface area contributed by atoms with E-state index in [2.05, 4.69) is 16.3 Å². The van der Waals surface area contributed by atoms with Crippen molar-refractivity contribution in [3.63, 3.8) is 0 Å². The van der Waals surface area contributed by atoms with Crippen LogP contribution in [0.2, 0.25) is 0 Å². The number of amides is 1. The minimum absolute atomic E-state index is 0.161. The minimum atomic E-state index is 0.161. The van der Waals surface area contributed by atoms with Gasteiger partial charge >= 0.3 is 0 Å². The van der Waals surface area contributed by atoms with Crippen LogP contribution in [0.1, 0.15) is 71.5 Å². The van der Waals surface area contributed by atoms with Crippen molar-refractivity contribution in [2.24, 2.45) is 0 Å². The Morgan fingerprint density at radius 2 is 1.81 bits per heavy atom. The summed E-state index contributed by atoms with van der Waals surface area (Å²) in [5, 5.41) is 3.21. The molecule has 0 saturated heterocycles. The molecule has 2 saturated carbocycles. The number of hydrogen-bond acceptors (Lipinski definition) is 3. The molecule has 2 fully saturated rings. The molecule has 1 aromatic rings. The third kappa shape index (κ3) is 2.76. The number of rotatable bonds is 3. The quantitative estimate of drug-likeness (QED) is 0.924. The molecule has 0 radical (unpaired) electrons. The van der Waals surface area contributed by atoms with E-state index in [1.165, 1.54) is 49.0 Å². The normalized spacial score (nSPS) is 23.8. The van der Waals surface area contributed by atoms with Gasteiger partial charge in [0.1, 0.15) is 0 Å². The third-order valence-corrected chi connectivity index (χ3v) is 6.53. The van der Waals surface area contributed by atoms with E-state index in [4.69, 9.17) is 0 Å². The number of carbonyl (C=O) groups excluding carboxylic acids is 1. The van der Waals surface area contributed by atoms with Crippen LogP contribution < -0.4 is 5.32 Å². The van der Waals surface area contributed by atoms with Gasteiger partial charge in [-0.2, -0.15) is 0 Å². The van der Waals surface area contributed by atoms with Gasteiger partial charge in [0.15, 0.2) is 0 Å². The van der Waals surface area contributed by atoms with Crippen molar-refractivity contribution in [2.75, 3.05) is 0 Å². The molecule has 1 N–H and O–H groups in total. The van der Waals surface area contributed by atoms with Gasteiger partial charge in [0, 0.05) is 30.1 Å². The topological polar surface area (TPSA) is 32.3 Å². The molecule has 4 rings (SSSR count).